The molecule has 12 heteroatoms. The topological polar surface area (TPSA) is 132 Å². The van der Waals surface area contributed by atoms with Crippen LogP contribution in [0.3, 0.4) is 0 Å². The van der Waals surface area contributed by atoms with E-state index in [0.29, 0.717) is 24.0 Å². The van der Waals surface area contributed by atoms with Crippen molar-refractivity contribution < 1.29 is 129 Å². The second-order valence-electron chi connectivity index (χ2n) is 11.0. The van der Waals surface area contributed by atoms with Crippen molar-refractivity contribution in [3.63, 3.8) is 0 Å². The molecule has 3 rings (SSSR count). The van der Waals surface area contributed by atoms with Crippen molar-refractivity contribution in [2.24, 2.45) is 0 Å². The summed E-state index contributed by atoms with van der Waals surface area (Å²) in [4.78, 5) is 4.08. The summed E-state index contributed by atoms with van der Waals surface area (Å²) < 4.78 is 70.6. The number of nitrogens with zero attached hydrogens (tertiary/aromatic N) is 2. The smallest absolute Gasteiger partial charge is 0.744 e. The molecule has 0 spiro atoms. The average molecular weight is 683 g/mol. The molecule has 228 valence electrons. The van der Waals surface area contributed by atoms with E-state index in [1.165, 1.54) is 101 Å². The van der Waals surface area contributed by atoms with Crippen LogP contribution >= 0.6 is 0 Å². The standard InChI is InChI=1S/C31H46N2O6S2.2K/c1-2-3-4-5-6-7-8-9-10-11-12-13-14-15-16-17-31-32-29-23-22-28(41(37,38)39)24-30(29)33(31)25-26-18-20-27(21-19-26)40(34,35)36;;/h18-24H,2-17,25H2,1H3,(H,34,35,36)(H,37,38,39);;/q;2*+1/p-2. The predicted molar refractivity (Wildman–Crippen MR) is 160 cm³/mol. The summed E-state index contributed by atoms with van der Waals surface area (Å²) in [7, 11) is -9.18. The average Bonchev–Trinajstić information content (AvgIpc) is 3.26. The Morgan fingerprint density at radius 2 is 1.07 bits per heavy atom. The maximum absolute atomic E-state index is 11.6. The van der Waals surface area contributed by atoms with Gasteiger partial charge in [0.25, 0.3) is 0 Å². The zero-order valence-electron chi connectivity index (χ0n) is 26.2. The van der Waals surface area contributed by atoms with Gasteiger partial charge in [-0.1, -0.05) is 109 Å². The van der Waals surface area contributed by atoms with E-state index in [9.17, 15) is 25.9 Å². The maximum atomic E-state index is 11.6. The Labute approximate surface area is 343 Å². The molecule has 0 aliphatic carbocycles. The van der Waals surface area contributed by atoms with Crippen LogP contribution in [0.4, 0.5) is 0 Å². The SMILES string of the molecule is CCCCCCCCCCCCCCCCCc1nc2ccc(S(=O)(=O)[O-])cc2n1Cc1ccc(S(=O)(=O)[O-])cc1.[K+].[K+]. The van der Waals surface area contributed by atoms with E-state index in [4.69, 9.17) is 4.98 Å². The summed E-state index contributed by atoms with van der Waals surface area (Å²) in [5.41, 5.74) is 1.84. The van der Waals surface area contributed by atoms with Crippen LogP contribution in [0, 0.1) is 0 Å². The van der Waals surface area contributed by atoms with Crippen molar-refractivity contribution in [1.29, 1.82) is 0 Å². The van der Waals surface area contributed by atoms with Gasteiger partial charge < -0.3 is 13.7 Å². The molecule has 0 atom stereocenters. The Bertz CT molecular complexity index is 1440. The quantitative estimate of drug-likeness (QED) is 0.0998. The van der Waals surface area contributed by atoms with Crippen LogP contribution in [0.15, 0.2) is 52.3 Å². The maximum Gasteiger partial charge on any atom is 1.00 e. The van der Waals surface area contributed by atoms with Gasteiger partial charge in [-0.2, -0.15) is 0 Å². The first-order valence-corrected chi connectivity index (χ1v) is 17.9. The molecule has 0 fully saturated rings. The third-order valence-electron chi connectivity index (χ3n) is 7.64. The Hall–Kier alpha value is 1.00. The number of unbranched alkanes of at least 4 members (excludes halogenated alkanes) is 14. The third kappa shape index (κ3) is 15.2. The number of benzene rings is 2. The summed E-state index contributed by atoms with van der Waals surface area (Å²) >= 11 is 0. The van der Waals surface area contributed by atoms with Crippen LogP contribution in [0.5, 0.6) is 0 Å². The van der Waals surface area contributed by atoms with E-state index in [1.807, 2.05) is 4.57 Å². The predicted octanol–water partition coefficient (Wildman–Crippen LogP) is 1.31. The fourth-order valence-electron chi connectivity index (χ4n) is 5.27. The fraction of sp³-hybridized carbons (Fsp3) is 0.581. The van der Waals surface area contributed by atoms with Gasteiger partial charge in [-0.3, -0.25) is 0 Å². The van der Waals surface area contributed by atoms with Crippen molar-refractivity contribution in [3.8, 4) is 0 Å². The van der Waals surface area contributed by atoms with Gasteiger partial charge in [0, 0.05) is 13.0 Å². The minimum atomic E-state index is -4.63. The van der Waals surface area contributed by atoms with Gasteiger partial charge in [-0.15, -0.1) is 0 Å². The first kappa shape index (κ1) is 42.0. The Morgan fingerprint density at radius 3 is 1.53 bits per heavy atom. The van der Waals surface area contributed by atoms with Crippen molar-refractivity contribution in [3.05, 3.63) is 53.9 Å². The van der Waals surface area contributed by atoms with E-state index in [1.54, 1.807) is 18.2 Å². The van der Waals surface area contributed by atoms with Gasteiger partial charge in [0.05, 0.1) is 20.8 Å². The van der Waals surface area contributed by atoms with Crippen molar-refractivity contribution >= 4 is 31.3 Å². The molecule has 0 bridgehead atoms. The molecule has 0 amide bonds. The van der Waals surface area contributed by atoms with Crippen LogP contribution in [-0.2, 0) is 33.2 Å². The number of fused-ring (bicyclic) bond motifs is 1. The van der Waals surface area contributed by atoms with Gasteiger partial charge in [0.15, 0.2) is 0 Å². The van der Waals surface area contributed by atoms with Gasteiger partial charge in [0.1, 0.15) is 26.1 Å². The van der Waals surface area contributed by atoms with Crippen LogP contribution in [0.2, 0.25) is 0 Å². The first-order chi connectivity index (χ1) is 19.6. The molecule has 0 unspecified atom stereocenters. The molecular formula is C31H44K2N2O6S2. The van der Waals surface area contributed by atoms with Crippen molar-refractivity contribution in [2.75, 3.05) is 0 Å². The molecule has 8 nitrogen and oxygen atoms in total. The zero-order chi connectivity index (χ0) is 29.7. The number of hydrogen-bond donors (Lipinski definition) is 0. The molecule has 0 aliphatic rings. The van der Waals surface area contributed by atoms with E-state index in [0.717, 1.165) is 30.7 Å². The van der Waals surface area contributed by atoms with E-state index < -0.39 is 20.2 Å². The van der Waals surface area contributed by atoms with Gasteiger partial charge in [0.2, 0.25) is 0 Å². The van der Waals surface area contributed by atoms with Gasteiger partial charge >= 0.3 is 103 Å². The number of rotatable bonds is 20. The number of aryl methyl sites for hydroxylation is 1. The molecule has 0 radical (unpaired) electrons. The van der Waals surface area contributed by atoms with Crippen molar-refractivity contribution in [1.82, 2.24) is 9.55 Å². The van der Waals surface area contributed by atoms with Crippen LogP contribution in [0.1, 0.15) is 115 Å². The van der Waals surface area contributed by atoms with Gasteiger partial charge in [-0.05, 0) is 42.3 Å². The summed E-state index contributed by atoms with van der Waals surface area (Å²) in [5, 5.41) is 0. The van der Waals surface area contributed by atoms with Gasteiger partial charge in [-0.25, -0.2) is 21.8 Å². The van der Waals surface area contributed by atoms with Crippen LogP contribution < -0.4 is 103 Å². The summed E-state index contributed by atoms with van der Waals surface area (Å²) in [6.07, 6.45) is 19.8. The summed E-state index contributed by atoms with van der Waals surface area (Å²) in [5.74, 6) is 0.774. The fourth-order valence-corrected chi connectivity index (χ4v) is 6.23. The third-order valence-corrected chi connectivity index (χ3v) is 9.32. The number of aromatic nitrogens is 2. The second-order valence-corrected chi connectivity index (χ2v) is 13.8. The largest absolute Gasteiger partial charge is 1.00 e. The molecule has 3 aromatic rings. The first-order valence-electron chi connectivity index (χ1n) is 15.1. The van der Waals surface area contributed by atoms with E-state index >= 15 is 0 Å². The number of hydrogen-bond acceptors (Lipinski definition) is 7. The Balaban J connectivity index is 0.00000462. The monoisotopic (exact) mass is 682 g/mol. The number of imidazole rings is 1. The summed E-state index contributed by atoms with van der Waals surface area (Å²) in [6.45, 7) is 2.55. The van der Waals surface area contributed by atoms with Crippen molar-refractivity contribution in [2.45, 2.75) is 126 Å². The molecule has 1 aromatic heterocycles. The molecular weight excluding hydrogens is 639 g/mol. The molecule has 0 N–H and O–H groups in total. The van der Waals surface area contributed by atoms with E-state index in [2.05, 4.69) is 6.92 Å². The molecule has 0 saturated heterocycles. The van der Waals surface area contributed by atoms with Crippen LogP contribution in [-0.4, -0.2) is 35.5 Å². The Kier molecular flexibility index (Phi) is 21.3. The molecule has 0 saturated carbocycles. The Morgan fingerprint density at radius 1 is 0.628 bits per heavy atom. The molecule has 43 heavy (non-hydrogen) atoms. The molecule has 2 aromatic carbocycles. The summed E-state index contributed by atoms with van der Waals surface area (Å²) in [6, 6.07) is 9.80. The minimum absolute atomic E-state index is 0. The molecule has 1 heterocycles. The molecule has 0 aliphatic heterocycles. The normalized spacial score (nSPS) is 11.8. The zero-order valence-corrected chi connectivity index (χ0v) is 34.1. The van der Waals surface area contributed by atoms with Crippen LogP contribution in [0.25, 0.3) is 11.0 Å². The van der Waals surface area contributed by atoms with E-state index in [-0.39, 0.29) is 113 Å². The minimum Gasteiger partial charge on any atom is -0.744 e. The second kappa shape index (κ2) is 21.8.